The second kappa shape index (κ2) is 8.43. The Hall–Kier alpha value is -0.720. The van der Waals surface area contributed by atoms with E-state index in [0.717, 1.165) is 25.8 Å². The molecule has 0 bridgehead atoms. The number of alkyl halides is 1. The van der Waals surface area contributed by atoms with E-state index in [1.54, 1.807) is 0 Å². The van der Waals surface area contributed by atoms with Gasteiger partial charge in [0.2, 0.25) is 5.91 Å². The first-order valence-electron chi connectivity index (χ1n) is 12.3. The van der Waals surface area contributed by atoms with Crippen LogP contribution in [0.3, 0.4) is 0 Å². The zero-order chi connectivity index (χ0) is 20.0. The summed E-state index contributed by atoms with van der Waals surface area (Å²) in [5, 5.41) is 10.5. The van der Waals surface area contributed by atoms with Crippen LogP contribution in [0.1, 0.15) is 71.1 Å². The van der Waals surface area contributed by atoms with E-state index in [1.807, 2.05) is 0 Å². The molecule has 3 aliphatic heterocycles. The summed E-state index contributed by atoms with van der Waals surface area (Å²) in [7, 11) is 0. The zero-order valence-electron chi connectivity index (χ0n) is 17.9. The number of amides is 1. The van der Waals surface area contributed by atoms with Gasteiger partial charge in [-0.25, -0.2) is 4.39 Å². The Kier molecular flexibility index (Phi) is 5.87. The van der Waals surface area contributed by atoms with Gasteiger partial charge in [0, 0.05) is 37.1 Å². The average Bonchev–Trinajstić information content (AvgIpc) is 3.38. The maximum Gasteiger partial charge on any atom is 0.237 e. The Morgan fingerprint density at radius 1 is 1.07 bits per heavy atom. The average molecular weight is 407 g/mol. The lowest BCUT2D eigenvalue weighted by Crippen LogP contribution is -2.53. The number of rotatable bonds is 3. The highest BCUT2D eigenvalue weighted by atomic mass is 19.1. The maximum absolute atomic E-state index is 14.4. The Morgan fingerprint density at radius 2 is 1.93 bits per heavy atom. The molecule has 2 saturated carbocycles. The summed E-state index contributed by atoms with van der Waals surface area (Å²) in [5.41, 5.74) is 0. The molecule has 0 radical (unpaired) electrons. The topological polar surface area (TPSA) is 56.4 Å². The molecule has 5 rings (SSSR count). The zero-order valence-corrected chi connectivity index (χ0v) is 17.9. The molecular weight excluding hydrogens is 367 g/mol. The number of fused-ring (bicyclic) bond motifs is 2. The van der Waals surface area contributed by atoms with Crippen molar-refractivity contribution in [2.24, 2.45) is 17.8 Å². The number of hydrogen-bond acceptors (Lipinski definition) is 4. The van der Waals surface area contributed by atoms with Crippen LogP contribution < -0.4 is 16.0 Å². The number of piperidine rings is 1. The van der Waals surface area contributed by atoms with Crippen LogP contribution in [0.25, 0.3) is 0 Å². The van der Waals surface area contributed by atoms with E-state index in [0.29, 0.717) is 42.9 Å². The van der Waals surface area contributed by atoms with E-state index >= 15 is 0 Å². The molecule has 0 spiro atoms. The summed E-state index contributed by atoms with van der Waals surface area (Å²) >= 11 is 0. The lowest BCUT2D eigenvalue weighted by Gasteiger charge is -2.44. The Balaban J connectivity index is 1.17. The van der Waals surface area contributed by atoms with Gasteiger partial charge in [-0.2, -0.15) is 0 Å². The lowest BCUT2D eigenvalue weighted by molar-refractivity contribution is -0.124. The number of nitrogens with one attached hydrogen (secondary N) is 3. The molecule has 2 aliphatic carbocycles. The van der Waals surface area contributed by atoms with Crippen LogP contribution in [0.15, 0.2) is 0 Å². The minimum Gasteiger partial charge on any atom is -0.352 e. The normalized spacial score (nSPS) is 48.1. The molecule has 6 heteroatoms. The molecule has 0 aromatic heterocycles. The molecular formula is C23H39FN4O. The van der Waals surface area contributed by atoms with Crippen LogP contribution in [0.5, 0.6) is 0 Å². The summed E-state index contributed by atoms with van der Waals surface area (Å²) in [6.07, 6.45) is 10.8. The maximum atomic E-state index is 14.4. The highest BCUT2D eigenvalue weighted by molar-refractivity contribution is 5.82. The van der Waals surface area contributed by atoms with Gasteiger partial charge in [-0.15, -0.1) is 0 Å². The first-order valence-corrected chi connectivity index (χ1v) is 12.3. The predicted octanol–water partition coefficient (Wildman–Crippen LogP) is 2.56. The van der Waals surface area contributed by atoms with Crippen LogP contribution in [0.4, 0.5) is 4.39 Å². The van der Waals surface area contributed by atoms with Gasteiger partial charge in [-0.05, 0) is 69.6 Å². The highest BCUT2D eigenvalue weighted by Crippen LogP contribution is 2.39. The van der Waals surface area contributed by atoms with Crippen molar-refractivity contribution in [3.05, 3.63) is 0 Å². The van der Waals surface area contributed by atoms with E-state index in [9.17, 15) is 9.18 Å². The standard InChI is InChI=1S/C23H39FN4O/c1-14-8-9-18(24)17-13-19(27-22(14)17)23(29)26-16-5-2-4-15(12-16)20-6-3-7-21-25-10-11-28(20)21/h14-22,25,27H,2-13H2,1H3,(H,26,29). The third kappa shape index (κ3) is 3.97. The Morgan fingerprint density at radius 3 is 2.79 bits per heavy atom. The van der Waals surface area contributed by atoms with Gasteiger partial charge < -0.3 is 16.0 Å². The molecule has 3 N–H and O–H groups in total. The number of carbonyl (C=O) groups is 1. The van der Waals surface area contributed by atoms with Gasteiger partial charge in [-0.3, -0.25) is 9.69 Å². The molecule has 3 saturated heterocycles. The molecule has 0 aromatic rings. The Bertz CT molecular complexity index is 585. The van der Waals surface area contributed by atoms with Gasteiger partial charge in [0.05, 0.1) is 12.2 Å². The lowest BCUT2D eigenvalue weighted by atomic mass is 9.77. The van der Waals surface area contributed by atoms with Crippen molar-refractivity contribution < 1.29 is 9.18 Å². The molecule has 29 heavy (non-hydrogen) atoms. The summed E-state index contributed by atoms with van der Waals surface area (Å²) in [4.78, 5) is 15.7. The second-order valence-electron chi connectivity index (χ2n) is 10.6. The second-order valence-corrected chi connectivity index (χ2v) is 10.6. The van der Waals surface area contributed by atoms with Gasteiger partial charge in [-0.1, -0.05) is 13.3 Å². The molecule has 5 fully saturated rings. The van der Waals surface area contributed by atoms with E-state index in [2.05, 4.69) is 27.8 Å². The molecule has 0 aromatic carbocycles. The first kappa shape index (κ1) is 20.2. The molecule has 1 amide bonds. The largest absolute Gasteiger partial charge is 0.352 e. The van der Waals surface area contributed by atoms with Crippen LogP contribution >= 0.6 is 0 Å². The van der Waals surface area contributed by atoms with Gasteiger partial charge in [0.1, 0.15) is 6.17 Å². The summed E-state index contributed by atoms with van der Waals surface area (Å²) in [6.45, 7) is 4.51. The fourth-order valence-corrected chi connectivity index (χ4v) is 7.30. The highest BCUT2D eigenvalue weighted by Gasteiger charge is 2.47. The fourth-order valence-electron chi connectivity index (χ4n) is 7.30. The quantitative estimate of drug-likeness (QED) is 0.674. The summed E-state index contributed by atoms with van der Waals surface area (Å²) < 4.78 is 14.4. The smallest absolute Gasteiger partial charge is 0.237 e. The third-order valence-electron chi connectivity index (χ3n) is 8.81. The number of carbonyl (C=O) groups excluding carboxylic acids is 1. The fraction of sp³-hybridized carbons (Fsp3) is 0.957. The number of halogens is 1. The van der Waals surface area contributed by atoms with Crippen LogP contribution in [-0.4, -0.2) is 60.4 Å². The summed E-state index contributed by atoms with van der Waals surface area (Å²) in [5.74, 6) is 1.31. The molecule has 9 unspecified atom stereocenters. The van der Waals surface area contributed by atoms with Crippen molar-refractivity contribution in [3.8, 4) is 0 Å². The molecule has 164 valence electrons. The van der Waals surface area contributed by atoms with Crippen LogP contribution in [0, 0.1) is 17.8 Å². The molecule has 5 nitrogen and oxygen atoms in total. The molecule has 5 aliphatic rings. The van der Waals surface area contributed by atoms with Gasteiger partial charge in [0.15, 0.2) is 0 Å². The van der Waals surface area contributed by atoms with E-state index in [-0.39, 0.29) is 23.9 Å². The van der Waals surface area contributed by atoms with Crippen molar-refractivity contribution in [3.63, 3.8) is 0 Å². The van der Waals surface area contributed by atoms with E-state index in [1.165, 1.54) is 38.6 Å². The predicted molar refractivity (Wildman–Crippen MR) is 112 cm³/mol. The van der Waals surface area contributed by atoms with Crippen molar-refractivity contribution in [2.45, 2.75) is 108 Å². The SMILES string of the molecule is CC1CCC(F)C2CC(C(=O)NC3CCCC(C4CCCC5NCCN54)C3)NC12. The minimum absolute atomic E-state index is 0.0236. The van der Waals surface area contributed by atoms with Crippen molar-refractivity contribution >= 4 is 5.91 Å². The van der Waals surface area contributed by atoms with Crippen molar-refractivity contribution in [1.29, 1.82) is 0 Å². The molecule has 3 heterocycles. The van der Waals surface area contributed by atoms with Gasteiger partial charge in [0.25, 0.3) is 0 Å². The van der Waals surface area contributed by atoms with E-state index < -0.39 is 6.17 Å². The third-order valence-corrected chi connectivity index (χ3v) is 8.81. The number of hydrogen-bond donors (Lipinski definition) is 3. The van der Waals surface area contributed by atoms with Crippen LogP contribution in [0.2, 0.25) is 0 Å². The minimum atomic E-state index is -0.742. The monoisotopic (exact) mass is 406 g/mol. The Labute approximate surface area is 174 Å². The van der Waals surface area contributed by atoms with Crippen LogP contribution in [-0.2, 0) is 4.79 Å². The first-order chi connectivity index (χ1) is 14.1. The van der Waals surface area contributed by atoms with Gasteiger partial charge >= 0.3 is 0 Å². The molecule has 9 atom stereocenters. The van der Waals surface area contributed by atoms with Crippen molar-refractivity contribution in [2.75, 3.05) is 13.1 Å². The summed E-state index contributed by atoms with van der Waals surface area (Å²) in [6, 6.07) is 0.950. The van der Waals surface area contributed by atoms with Crippen molar-refractivity contribution in [1.82, 2.24) is 20.9 Å². The van der Waals surface area contributed by atoms with E-state index in [4.69, 9.17) is 0 Å². The number of nitrogens with zero attached hydrogens (tertiary/aromatic N) is 1.